The van der Waals surface area contributed by atoms with Gasteiger partial charge in [-0.15, -0.1) is 0 Å². The van der Waals surface area contributed by atoms with E-state index in [1.807, 2.05) is 31.2 Å². The fourth-order valence-electron chi connectivity index (χ4n) is 3.85. The van der Waals surface area contributed by atoms with Crippen molar-refractivity contribution in [3.8, 4) is 5.75 Å². The van der Waals surface area contributed by atoms with Crippen LogP contribution in [0.2, 0.25) is 0 Å². The van der Waals surface area contributed by atoms with Gasteiger partial charge in [0.25, 0.3) is 11.8 Å². The van der Waals surface area contributed by atoms with Crippen LogP contribution in [0.15, 0.2) is 48.5 Å². The molecule has 1 heterocycles. The first-order valence-electron chi connectivity index (χ1n) is 11.0. The Morgan fingerprint density at radius 2 is 1.73 bits per heavy atom. The molecule has 1 aliphatic heterocycles. The van der Waals surface area contributed by atoms with Crippen LogP contribution in [0.4, 0.5) is 0 Å². The lowest BCUT2D eigenvalue weighted by Gasteiger charge is -2.29. The predicted molar refractivity (Wildman–Crippen MR) is 123 cm³/mol. The van der Waals surface area contributed by atoms with Gasteiger partial charge in [0.15, 0.2) is 0 Å². The van der Waals surface area contributed by atoms with Crippen molar-refractivity contribution in [1.29, 1.82) is 0 Å². The molecular formula is C25H29N3O5. The first kappa shape index (κ1) is 24.0. The van der Waals surface area contributed by atoms with E-state index in [2.05, 4.69) is 5.32 Å². The average molecular weight is 452 g/mol. The quantitative estimate of drug-likeness (QED) is 0.560. The number of carbonyl (C=O) groups is 4. The number of hydrogen-bond acceptors (Lipinski definition) is 5. The summed E-state index contributed by atoms with van der Waals surface area (Å²) in [4.78, 5) is 53.4. The summed E-state index contributed by atoms with van der Waals surface area (Å²) in [6.45, 7) is 4.35. The summed E-state index contributed by atoms with van der Waals surface area (Å²) in [7, 11) is 1.57. The molecule has 8 heteroatoms. The monoisotopic (exact) mass is 451 g/mol. The molecule has 3 rings (SSSR count). The number of imide groups is 1. The van der Waals surface area contributed by atoms with Crippen LogP contribution in [0.25, 0.3) is 0 Å². The summed E-state index contributed by atoms with van der Waals surface area (Å²) in [5, 5.41) is 2.76. The molecule has 33 heavy (non-hydrogen) atoms. The van der Waals surface area contributed by atoms with Crippen LogP contribution in [0, 0.1) is 0 Å². The second-order valence-electron chi connectivity index (χ2n) is 7.85. The number of rotatable bonds is 10. The van der Waals surface area contributed by atoms with Gasteiger partial charge in [0.1, 0.15) is 11.8 Å². The third kappa shape index (κ3) is 5.39. The largest absolute Gasteiger partial charge is 0.497 e. The molecule has 1 aliphatic rings. The maximum Gasteiger partial charge on any atom is 0.261 e. The summed E-state index contributed by atoms with van der Waals surface area (Å²) in [6.07, 6.45) is 0.405. The molecule has 0 saturated heterocycles. The minimum atomic E-state index is -0.678. The van der Waals surface area contributed by atoms with Gasteiger partial charge in [0.2, 0.25) is 11.8 Å². The standard InChI is InChI=1S/C25H29N3O5/c1-4-26-23(30)17(2)28(16-18-9-7-10-19(15-18)33-3)22(29)13-8-14-27-24(31)20-11-5-6-12-21(20)25(27)32/h5-7,9-12,15,17H,4,8,13-14,16H2,1-3H3,(H,26,30)/t17-/m0/s1. The highest BCUT2D eigenvalue weighted by molar-refractivity contribution is 6.21. The van der Waals surface area contributed by atoms with Crippen LogP contribution in [0.3, 0.4) is 0 Å². The molecule has 0 aliphatic carbocycles. The number of fused-ring (bicyclic) bond motifs is 1. The molecule has 0 fully saturated rings. The molecular weight excluding hydrogens is 422 g/mol. The van der Waals surface area contributed by atoms with E-state index in [0.29, 0.717) is 29.8 Å². The fraction of sp³-hybridized carbons (Fsp3) is 0.360. The highest BCUT2D eigenvalue weighted by atomic mass is 16.5. The third-order valence-electron chi connectivity index (χ3n) is 5.66. The first-order chi connectivity index (χ1) is 15.9. The van der Waals surface area contributed by atoms with Gasteiger partial charge in [-0.2, -0.15) is 0 Å². The van der Waals surface area contributed by atoms with Crippen molar-refractivity contribution in [3.63, 3.8) is 0 Å². The SMILES string of the molecule is CCNC(=O)[C@H](C)N(Cc1cccc(OC)c1)C(=O)CCCN1C(=O)c2ccccc2C1=O. The van der Waals surface area contributed by atoms with Gasteiger partial charge in [-0.05, 0) is 50.1 Å². The summed E-state index contributed by atoms with van der Waals surface area (Å²) in [6, 6.07) is 13.3. The summed E-state index contributed by atoms with van der Waals surface area (Å²) in [5.74, 6) is -0.489. The van der Waals surface area contributed by atoms with E-state index in [-0.39, 0.29) is 43.1 Å². The molecule has 4 amide bonds. The lowest BCUT2D eigenvalue weighted by molar-refractivity contribution is -0.140. The molecule has 2 aromatic rings. The minimum Gasteiger partial charge on any atom is -0.497 e. The van der Waals surface area contributed by atoms with Gasteiger partial charge < -0.3 is 15.0 Å². The molecule has 0 spiro atoms. The van der Waals surface area contributed by atoms with Gasteiger partial charge in [-0.3, -0.25) is 24.1 Å². The molecule has 0 radical (unpaired) electrons. The number of methoxy groups -OCH3 is 1. The lowest BCUT2D eigenvalue weighted by atomic mass is 10.1. The number of hydrogen-bond donors (Lipinski definition) is 1. The van der Waals surface area contributed by atoms with Crippen molar-refractivity contribution in [3.05, 3.63) is 65.2 Å². The number of nitrogens with zero attached hydrogens (tertiary/aromatic N) is 2. The summed E-state index contributed by atoms with van der Waals surface area (Å²) >= 11 is 0. The zero-order chi connectivity index (χ0) is 24.0. The van der Waals surface area contributed by atoms with E-state index in [9.17, 15) is 19.2 Å². The van der Waals surface area contributed by atoms with E-state index in [1.54, 1.807) is 38.3 Å². The maximum atomic E-state index is 13.1. The Kier molecular flexibility index (Phi) is 7.82. The molecule has 2 aromatic carbocycles. The molecule has 8 nitrogen and oxygen atoms in total. The Bertz CT molecular complexity index is 1020. The second kappa shape index (κ2) is 10.8. The van der Waals surface area contributed by atoms with E-state index >= 15 is 0 Å². The average Bonchev–Trinajstić information content (AvgIpc) is 3.07. The van der Waals surface area contributed by atoms with E-state index < -0.39 is 6.04 Å². The molecule has 1 N–H and O–H groups in total. The predicted octanol–water partition coefficient (Wildman–Crippen LogP) is 2.62. The van der Waals surface area contributed by atoms with Crippen molar-refractivity contribution < 1.29 is 23.9 Å². The Morgan fingerprint density at radius 3 is 2.33 bits per heavy atom. The van der Waals surface area contributed by atoms with Crippen LogP contribution >= 0.6 is 0 Å². The highest BCUT2D eigenvalue weighted by Crippen LogP contribution is 2.23. The van der Waals surface area contributed by atoms with Gasteiger partial charge in [-0.25, -0.2) is 0 Å². The highest BCUT2D eigenvalue weighted by Gasteiger charge is 2.35. The van der Waals surface area contributed by atoms with E-state index in [0.717, 1.165) is 5.56 Å². The number of likely N-dealkylation sites (N-methyl/N-ethyl adjacent to an activating group) is 1. The topological polar surface area (TPSA) is 96.0 Å². The molecule has 0 bridgehead atoms. The van der Waals surface area contributed by atoms with E-state index in [1.165, 1.54) is 9.80 Å². The van der Waals surface area contributed by atoms with Gasteiger partial charge in [0.05, 0.1) is 18.2 Å². The van der Waals surface area contributed by atoms with Crippen molar-refractivity contribution in [2.75, 3.05) is 20.2 Å². The number of benzene rings is 2. The van der Waals surface area contributed by atoms with Crippen LogP contribution in [0.1, 0.15) is 53.0 Å². The number of carbonyl (C=O) groups excluding carboxylic acids is 4. The van der Waals surface area contributed by atoms with Crippen LogP contribution in [-0.2, 0) is 16.1 Å². The molecule has 174 valence electrons. The Balaban J connectivity index is 1.67. The van der Waals surface area contributed by atoms with Crippen LogP contribution < -0.4 is 10.1 Å². The van der Waals surface area contributed by atoms with Crippen molar-refractivity contribution in [2.45, 2.75) is 39.3 Å². The summed E-state index contributed by atoms with van der Waals surface area (Å²) in [5.41, 5.74) is 1.61. The number of ether oxygens (including phenoxy) is 1. The Labute approximate surface area is 193 Å². The number of amides is 4. The molecule has 0 unspecified atom stereocenters. The van der Waals surface area contributed by atoms with E-state index in [4.69, 9.17) is 4.74 Å². The van der Waals surface area contributed by atoms with Gasteiger partial charge in [0, 0.05) is 26.1 Å². The molecule has 0 saturated carbocycles. The Morgan fingerprint density at radius 1 is 1.06 bits per heavy atom. The molecule has 1 atom stereocenters. The van der Waals surface area contributed by atoms with Crippen LogP contribution in [-0.4, -0.2) is 59.7 Å². The van der Waals surface area contributed by atoms with Gasteiger partial charge in [-0.1, -0.05) is 24.3 Å². The van der Waals surface area contributed by atoms with Crippen molar-refractivity contribution in [2.24, 2.45) is 0 Å². The summed E-state index contributed by atoms with van der Waals surface area (Å²) < 4.78 is 5.26. The third-order valence-corrected chi connectivity index (χ3v) is 5.66. The minimum absolute atomic E-state index is 0.0983. The number of nitrogens with one attached hydrogen (secondary N) is 1. The van der Waals surface area contributed by atoms with Gasteiger partial charge >= 0.3 is 0 Å². The lowest BCUT2D eigenvalue weighted by Crippen LogP contribution is -2.47. The maximum absolute atomic E-state index is 13.1. The fourth-order valence-corrected chi connectivity index (χ4v) is 3.85. The van der Waals surface area contributed by atoms with Crippen molar-refractivity contribution >= 4 is 23.6 Å². The zero-order valence-corrected chi connectivity index (χ0v) is 19.2. The normalized spacial score (nSPS) is 13.5. The molecule has 0 aromatic heterocycles. The Hall–Kier alpha value is -3.68. The van der Waals surface area contributed by atoms with Crippen LogP contribution in [0.5, 0.6) is 5.75 Å². The smallest absolute Gasteiger partial charge is 0.261 e. The zero-order valence-electron chi connectivity index (χ0n) is 19.2. The first-order valence-corrected chi connectivity index (χ1v) is 11.0. The van der Waals surface area contributed by atoms with Crippen molar-refractivity contribution in [1.82, 2.24) is 15.1 Å². The second-order valence-corrected chi connectivity index (χ2v) is 7.85.